The Morgan fingerprint density at radius 2 is 1.56 bits per heavy atom. The zero-order chi connectivity index (χ0) is 28.8. The molecule has 1 atom stereocenters. The summed E-state index contributed by atoms with van der Waals surface area (Å²) in [7, 11) is -3.16. The molecule has 0 radical (unpaired) electrons. The molecule has 208 valence electrons. The molecular weight excluding hydrogens is 555 g/mol. The van der Waals surface area contributed by atoms with Crippen molar-refractivity contribution < 1.29 is 31.2 Å². The fourth-order valence-electron chi connectivity index (χ4n) is 3.89. The molecule has 0 aliphatic carbocycles. The molecular formula is C27H27ClF3N3O4S. The summed E-state index contributed by atoms with van der Waals surface area (Å²) in [6, 6.07) is 17.3. The summed E-state index contributed by atoms with van der Waals surface area (Å²) in [5, 5.41) is 2.16. The van der Waals surface area contributed by atoms with E-state index in [-0.39, 0.29) is 16.5 Å². The number of hydrogen-bond acceptors (Lipinski definition) is 4. The summed E-state index contributed by atoms with van der Waals surface area (Å²) in [4.78, 5) is 27.1. The maximum Gasteiger partial charge on any atom is 0.416 e. The third-order valence-electron chi connectivity index (χ3n) is 6.05. The molecule has 0 aromatic heterocycles. The number of alkyl halides is 3. The zero-order valence-corrected chi connectivity index (χ0v) is 22.7. The first-order valence-electron chi connectivity index (χ1n) is 11.9. The van der Waals surface area contributed by atoms with Crippen LogP contribution in [-0.2, 0) is 32.2 Å². The molecule has 3 aromatic carbocycles. The lowest BCUT2D eigenvalue weighted by atomic mass is 10.1. The predicted molar refractivity (Wildman–Crippen MR) is 143 cm³/mol. The van der Waals surface area contributed by atoms with Crippen LogP contribution in [0.1, 0.15) is 18.1 Å². The molecule has 2 amide bonds. The van der Waals surface area contributed by atoms with Gasteiger partial charge >= 0.3 is 6.18 Å². The van der Waals surface area contributed by atoms with Gasteiger partial charge in [-0.3, -0.25) is 13.9 Å². The van der Waals surface area contributed by atoms with Crippen LogP contribution in [0.4, 0.5) is 18.9 Å². The molecule has 0 bridgehead atoms. The van der Waals surface area contributed by atoms with E-state index in [0.29, 0.717) is 16.8 Å². The van der Waals surface area contributed by atoms with Crippen LogP contribution in [0, 0.1) is 0 Å². The summed E-state index contributed by atoms with van der Waals surface area (Å²) in [5.41, 5.74) is -0.782. The van der Waals surface area contributed by atoms with Gasteiger partial charge in [-0.1, -0.05) is 60.1 Å². The third-order valence-corrected chi connectivity index (χ3v) is 8.14. The first kappa shape index (κ1) is 30.0. The second-order valence-electron chi connectivity index (χ2n) is 8.60. The van der Waals surface area contributed by atoms with Gasteiger partial charge in [0.25, 0.3) is 10.0 Å². The van der Waals surface area contributed by atoms with Gasteiger partial charge in [-0.05, 0) is 49.2 Å². The first-order chi connectivity index (χ1) is 18.4. The number of anilines is 1. The summed E-state index contributed by atoms with van der Waals surface area (Å²) >= 11 is 6.21. The van der Waals surface area contributed by atoms with Gasteiger partial charge in [0.15, 0.2) is 0 Å². The van der Waals surface area contributed by atoms with Crippen molar-refractivity contribution in [1.29, 1.82) is 0 Å². The molecule has 7 nitrogen and oxygen atoms in total. The number of nitrogens with one attached hydrogen (secondary N) is 1. The van der Waals surface area contributed by atoms with E-state index < -0.39 is 51.9 Å². The number of hydrogen-bond donors (Lipinski definition) is 1. The van der Waals surface area contributed by atoms with Gasteiger partial charge in [-0.2, -0.15) is 13.2 Å². The standard InChI is InChI=1S/C27H27ClF3N3O4S/c1-19(26(36)32-2)33(16-15-20-9-5-3-6-10-20)25(35)18-34(39(37,38)22-11-7-4-8-12-22)24-17-21(27(29,30)31)13-14-23(24)28/h3-14,17,19H,15-16,18H2,1-2H3,(H,32,36). The minimum absolute atomic E-state index is 0.0486. The second kappa shape index (κ2) is 12.5. The van der Waals surface area contributed by atoms with Crippen LogP contribution < -0.4 is 9.62 Å². The number of likely N-dealkylation sites (N-methyl/N-ethyl adjacent to an activating group) is 1. The van der Waals surface area contributed by atoms with Gasteiger partial charge in [0.2, 0.25) is 11.8 Å². The topological polar surface area (TPSA) is 86.8 Å². The van der Waals surface area contributed by atoms with Crippen molar-refractivity contribution in [3.63, 3.8) is 0 Å². The second-order valence-corrected chi connectivity index (χ2v) is 10.9. The Labute approximate surface area is 230 Å². The summed E-state index contributed by atoms with van der Waals surface area (Å²) in [6.07, 6.45) is -4.44. The molecule has 0 spiro atoms. The van der Waals surface area contributed by atoms with Crippen molar-refractivity contribution in [1.82, 2.24) is 10.2 Å². The number of nitrogens with zero attached hydrogens (tertiary/aromatic N) is 2. The van der Waals surface area contributed by atoms with Gasteiger partial charge in [0.1, 0.15) is 12.6 Å². The number of halogens is 4. The molecule has 0 aliphatic rings. The van der Waals surface area contributed by atoms with Crippen molar-refractivity contribution in [2.45, 2.75) is 30.5 Å². The van der Waals surface area contributed by atoms with Crippen LogP contribution in [-0.4, -0.2) is 51.3 Å². The van der Waals surface area contributed by atoms with Crippen molar-refractivity contribution in [2.24, 2.45) is 0 Å². The van der Waals surface area contributed by atoms with Gasteiger partial charge in [-0.15, -0.1) is 0 Å². The molecule has 0 heterocycles. The Morgan fingerprint density at radius 1 is 0.974 bits per heavy atom. The lowest BCUT2D eigenvalue weighted by Gasteiger charge is -2.32. The van der Waals surface area contributed by atoms with E-state index in [1.54, 1.807) is 6.07 Å². The quantitative estimate of drug-likeness (QED) is 0.374. The molecule has 0 fully saturated rings. The average Bonchev–Trinajstić information content (AvgIpc) is 2.92. The first-order valence-corrected chi connectivity index (χ1v) is 13.7. The fourth-order valence-corrected chi connectivity index (χ4v) is 5.61. The normalized spacial score (nSPS) is 12.5. The summed E-state index contributed by atoms with van der Waals surface area (Å²) in [5.74, 6) is -1.29. The lowest BCUT2D eigenvalue weighted by molar-refractivity contribution is -0.138. The Hall–Kier alpha value is -3.57. The number of amides is 2. The summed E-state index contributed by atoms with van der Waals surface area (Å²) < 4.78 is 68.5. The number of benzene rings is 3. The molecule has 0 saturated heterocycles. The Balaban J connectivity index is 2.07. The minimum atomic E-state index is -4.79. The van der Waals surface area contributed by atoms with Gasteiger partial charge < -0.3 is 10.2 Å². The van der Waals surface area contributed by atoms with E-state index in [4.69, 9.17) is 11.6 Å². The smallest absolute Gasteiger partial charge is 0.357 e. The van der Waals surface area contributed by atoms with Gasteiger partial charge in [0, 0.05) is 13.6 Å². The monoisotopic (exact) mass is 581 g/mol. The Morgan fingerprint density at radius 3 is 2.13 bits per heavy atom. The molecule has 0 saturated carbocycles. The largest absolute Gasteiger partial charge is 0.416 e. The Kier molecular flexibility index (Phi) is 9.63. The van der Waals surface area contributed by atoms with E-state index in [2.05, 4.69) is 5.32 Å². The van der Waals surface area contributed by atoms with Crippen LogP contribution in [0.5, 0.6) is 0 Å². The van der Waals surface area contributed by atoms with Gasteiger partial charge in [0.05, 0.1) is 21.2 Å². The SMILES string of the molecule is CNC(=O)C(C)N(CCc1ccccc1)C(=O)CN(c1cc(C(F)(F)F)ccc1Cl)S(=O)(=O)c1ccccc1. The van der Waals surface area contributed by atoms with Crippen LogP contribution >= 0.6 is 11.6 Å². The molecule has 39 heavy (non-hydrogen) atoms. The molecule has 3 aromatic rings. The molecule has 0 aliphatic heterocycles. The predicted octanol–water partition coefficient (Wildman–Crippen LogP) is 4.76. The highest BCUT2D eigenvalue weighted by Crippen LogP contribution is 2.37. The number of carbonyl (C=O) groups excluding carboxylic acids is 2. The lowest BCUT2D eigenvalue weighted by Crippen LogP contribution is -2.51. The molecule has 1 N–H and O–H groups in total. The third kappa shape index (κ3) is 7.30. The van der Waals surface area contributed by atoms with E-state index in [9.17, 15) is 31.2 Å². The Bertz CT molecular complexity index is 1400. The number of carbonyl (C=O) groups is 2. The zero-order valence-electron chi connectivity index (χ0n) is 21.2. The highest BCUT2D eigenvalue weighted by atomic mass is 35.5. The summed E-state index contributed by atoms with van der Waals surface area (Å²) in [6.45, 7) is 0.635. The maximum absolute atomic E-state index is 13.7. The van der Waals surface area contributed by atoms with Crippen molar-refractivity contribution in [3.8, 4) is 0 Å². The number of sulfonamides is 1. The van der Waals surface area contributed by atoms with E-state index in [1.807, 2.05) is 30.3 Å². The number of rotatable bonds is 10. The van der Waals surface area contributed by atoms with Gasteiger partial charge in [-0.25, -0.2) is 8.42 Å². The van der Waals surface area contributed by atoms with Crippen LogP contribution in [0.25, 0.3) is 0 Å². The highest BCUT2D eigenvalue weighted by Gasteiger charge is 2.36. The van der Waals surface area contributed by atoms with E-state index >= 15 is 0 Å². The fraction of sp³-hybridized carbons (Fsp3) is 0.259. The maximum atomic E-state index is 13.7. The van der Waals surface area contributed by atoms with Crippen LogP contribution in [0.15, 0.2) is 83.8 Å². The highest BCUT2D eigenvalue weighted by molar-refractivity contribution is 7.92. The van der Waals surface area contributed by atoms with E-state index in [0.717, 1.165) is 17.7 Å². The minimum Gasteiger partial charge on any atom is -0.357 e. The van der Waals surface area contributed by atoms with Crippen molar-refractivity contribution in [2.75, 3.05) is 24.4 Å². The molecule has 3 rings (SSSR count). The van der Waals surface area contributed by atoms with Crippen LogP contribution in [0.3, 0.4) is 0 Å². The van der Waals surface area contributed by atoms with E-state index in [1.165, 1.54) is 43.1 Å². The molecule has 1 unspecified atom stereocenters. The average molecular weight is 582 g/mol. The van der Waals surface area contributed by atoms with Crippen molar-refractivity contribution in [3.05, 3.63) is 95.0 Å². The van der Waals surface area contributed by atoms with Crippen LogP contribution in [0.2, 0.25) is 5.02 Å². The molecule has 12 heteroatoms. The van der Waals surface area contributed by atoms with Crippen molar-refractivity contribution >= 4 is 39.1 Å².